The van der Waals surface area contributed by atoms with Gasteiger partial charge in [0.1, 0.15) is 0 Å². The van der Waals surface area contributed by atoms with Gasteiger partial charge in [0, 0.05) is 29.4 Å². The van der Waals surface area contributed by atoms with E-state index >= 15 is 0 Å². The minimum atomic E-state index is -0.0512. The van der Waals surface area contributed by atoms with Gasteiger partial charge in [0.15, 0.2) is 17.3 Å². The average molecular weight is 339 g/mol. The van der Waals surface area contributed by atoms with Gasteiger partial charge in [0.2, 0.25) is 0 Å². The van der Waals surface area contributed by atoms with E-state index in [1.165, 1.54) is 5.56 Å². The van der Waals surface area contributed by atoms with Crippen molar-refractivity contribution in [3.63, 3.8) is 0 Å². The molecule has 0 heterocycles. The molecule has 0 saturated carbocycles. The number of carbonyl (C=O) groups is 1. The maximum absolute atomic E-state index is 13.0. The summed E-state index contributed by atoms with van der Waals surface area (Å²) in [5.74, 6) is 1.07. The third-order valence-corrected chi connectivity index (χ3v) is 4.06. The lowest BCUT2D eigenvalue weighted by atomic mass is 9.99. The van der Waals surface area contributed by atoms with Crippen LogP contribution in [0, 0.1) is 0 Å². The monoisotopic (exact) mass is 339 g/mol. The topological polar surface area (TPSA) is 47.6 Å². The van der Waals surface area contributed by atoms with Crippen LogP contribution in [0.15, 0.2) is 49.1 Å². The van der Waals surface area contributed by atoms with Crippen LogP contribution >= 0.6 is 0 Å². The number of anilines is 1. The van der Waals surface area contributed by atoms with Crippen LogP contribution in [0.25, 0.3) is 0 Å². The SMILES string of the molecule is C=CCCNc1cc(OC)c(OC)cc1C(=O)c1ccc(CC)cc1. The second-order valence-electron chi connectivity index (χ2n) is 5.64. The van der Waals surface area contributed by atoms with Crippen LogP contribution in [0.5, 0.6) is 11.5 Å². The van der Waals surface area contributed by atoms with E-state index in [0.717, 1.165) is 18.5 Å². The number of nitrogens with one attached hydrogen (secondary N) is 1. The molecule has 0 saturated heterocycles. The molecule has 4 nitrogen and oxygen atoms in total. The van der Waals surface area contributed by atoms with Crippen molar-refractivity contribution in [3.05, 3.63) is 65.7 Å². The minimum Gasteiger partial charge on any atom is -0.493 e. The van der Waals surface area contributed by atoms with Gasteiger partial charge in [0.05, 0.1) is 14.2 Å². The summed E-state index contributed by atoms with van der Waals surface area (Å²) in [5, 5.41) is 3.29. The molecule has 0 radical (unpaired) electrons. The lowest BCUT2D eigenvalue weighted by molar-refractivity contribution is 0.103. The molecule has 0 aromatic heterocycles. The first-order valence-corrected chi connectivity index (χ1v) is 8.39. The van der Waals surface area contributed by atoms with Gasteiger partial charge >= 0.3 is 0 Å². The number of benzene rings is 2. The molecule has 2 aromatic carbocycles. The zero-order valence-electron chi connectivity index (χ0n) is 15.1. The van der Waals surface area contributed by atoms with Crippen molar-refractivity contribution in [1.29, 1.82) is 0 Å². The normalized spacial score (nSPS) is 10.2. The highest BCUT2D eigenvalue weighted by Crippen LogP contribution is 2.34. The van der Waals surface area contributed by atoms with Gasteiger partial charge in [0.25, 0.3) is 0 Å². The predicted molar refractivity (Wildman–Crippen MR) is 102 cm³/mol. The Balaban J connectivity index is 2.43. The highest BCUT2D eigenvalue weighted by atomic mass is 16.5. The molecule has 132 valence electrons. The molecule has 25 heavy (non-hydrogen) atoms. The highest BCUT2D eigenvalue weighted by molar-refractivity contribution is 6.12. The molecule has 0 aliphatic heterocycles. The lowest BCUT2D eigenvalue weighted by Crippen LogP contribution is -2.10. The van der Waals surface area contributed by atoms with E-state index in [9.17, 15) is 4.79 Å². The zero-order valence-corrected chi connectivity index (χ0v) is 15.1. The van der Waals surface area contributed by atoms with Crippen LogP contribution in [-0.2, 0) is 6.42 Å². The summed E-state index contributed by atoms with van der Waals surface area (Å²) < 4.78 is 10.7. The van der Waals surface area contributed by atoms with Crippen molar-refractivity contribution in [2.45, 2.75) is 19.8 Å². The van der Waals surface area contributed by atoms with E-state index in [1.807, 2.05) is 30.3 Å². The summed E-state index contributed by atoms with van der Waals surface area (Å²) in [5.41, 5.74) is 3.14. The number of rotatable bonds is 9. The largest absolute Gasteiger partial charge is 0.493 e. The summed E-state index contributed by atoms with van der Waals surface area (Å²) in [6.07, 6.45) is 3.57. The first-order chi connectivity index (χ1) is 12.1. The molecule has 0 unspecified atom stereocenters. The Hall–Kier alpha value is -2.75. The molecule has 1 N–H and O–H groups in total. The van der Waals surface area contributed by atoms with Gasteiger partial charge in [-0.3, -0.25) is 4.79 Å². The van der Waals surface area contributed by atoms with E-state index in [0.29, 0.717) is 29.2 Å². The second kappa shape index (κ2) is 8.92. The summed E-state index contributed by atoms with van der Waals surface area (Å²) in [6.45, 7) is 6.50. The first kappa shape index (κ1) is 18.6. The lowest BCUT2D eigenvalue weighted by Gasteiger charge is -2.16. The molecule has 0 aliphatic carbocycles. The Morgan fingerprint density at radius 1 is 1.12 bits per heavy atom. The van der Waals surface area contributed by atoms with E-state index in [4.69, 9.17) is 9.47 Å². The zero-order chi connectivity index (χ0) is 18.2. The molecular weight excluding hydrogens is 314 g/mol. The van der Waals surface area contributed by atoms with Crippen molar-refractivity contribution >= 4 is 11.5 Å². The molecule has 0 atom stereocenters. The minimum absolute atomic E-state index is 0.0512. The molecule has 0 bridgehead atoms. The van der Waals surface area contributed by atoms with Gasteiger partial charge in [-0.1, -0.05) is 37.3 Å². The summed E-state index contributed by atoms with van der Waals surface area (Å²) in [7, 11) is 3.14. The van der Waals surface area contributed by atoms with Crippen LogP contribution in [0.1, 0.15) is 34.8 Å². The third kappa shape index (κ3) is 4.41. The van der Waals surface area contributed by atoms with Gasteiger partial charge in [-0.2, -0.15) is 0 Å². The van der Waals surface area contributed by atoms with Crippen LogP contribution in [-0.4, -0.2) is 26.5 Å². The molecular formula is C21H25NO3. The fraction of sp³-hybridized carbons (Fsp3) is 0.286. The predicted octanol–water partition coefficient (Wildman–Crippen LogP) is 4.49. The van der Waals surface area contributed by atoms with Crippen LogP contribution in [0.3, 0.4) is 0 Å². The van der Waals surface area contributed by atoms with E-state index in [-0.39, 0.29) is 5.78 Å². The van der Waals surface area contributed by atoms with Crippen molar-refractivity contribution in [3.8, 4) is 11.5 Å². The first-order valence-electron chi connectivity index (χ1n) is 8.39. The average Bonchev–Trinajstić information content (AvgIpc) is 2.67. The molecule has 4 heteroatoms. The van der Waals surface area contributed by atoms with Gasteiger partial charge in [-0.25, -0.2) is 0 Å². The number of ether oxygens (including phenoxy) is 2. The number of ketones is 1. The highest BCUT2D eigenvalue weighted by Gasteiger charge is 2.18. The number of aryl methyl sites for hydroxylation is 1. The van der Waals surface area contributed by atoms with Crippen molar-refractivity contribution in [2.75, 3.05) is 26.1 Å². The van der Waals surface area contributed by atoms with Gasteiger partial charge in [-0.15, -0.1) is 6.58 Å². The Kier molecular flexibility index (Phi) is 6.63. The number of hydrogen-bond acceptors (Lipinski definition) is 4. The summed E-state index contributed by atoms with van der Waals surface area (Å²) in [4.78, 5) is 13.0. The fourth-order valence-corrected chi connectivity index (χ4v) is 2.57. The fourth-order valence-electron chi connectivity index (χ4n) is 2.57. The van der Waals surface area contributed by atoms with Crippen molar-refractivity contribution < 1.29 is 14.3 Å². The quantitative estimate of drug-likeness (QED) is 0.415. The van der Waals surface area contributed by atoms with Gasteiger partial charge < -0.3 is 14.8 Å². The number of methoxy groups -OCH3 is 2. The van der Waals surface area contributed by atoms with E-state index < -0.39 is 0 Å². The molecule has 0 spiro atoms. The molecule has 0 fully saturated rings. The molecule has 0 aliphatic rings. The Morgan fingerprint density at radius 2 is 1.76 bits per heavy atom. The molecule has 0 amide bonds. The Labute approximate surface area is 149 Å². The van der Waals surface area contributed by atoms with Crippen LogP contribution < -0.4 is 14.8 Å². The van der Waals surface area contributed by atoms with Crippen molar-refractivity contribution in [1.82, 2.24) is 0 Å². The Morgan fingerprint density at radius 3 is 2.32 bits per heavy atom. The smallest absolute Gasteiger partial charge is 0.195 e. The molecule has 2 rings (SSSR count). The maximum Gasteiger partial charge on any atom is 0.195 e. The van der Waals surface area contributed by atoms with Crippen LogP contribution in [0.4, 0.5) is 5.69 Å². The maximum atomic E-state index is 13.0. The summed E-state index contributed by atoms with van der Waals surface area (Å²) in [6, 6.07) is 11.2. The summed E-state index contributed by atoms with van der Waals surface area (Å²) >= 11 is 0. The van der Waals surface area contributed by atoms with Crippen LogP contribution in [0.2, 0.25) is 0 Å². The standard InChI is InChI=1S/C21H25NO3/c1-5-7-12-22-18-14-20(25-4)19(24-3)13-17(18)21(23)16-10-8-15(6-2)9-11-16/h5,8-11,13-14,22H,1,6-7,12H2,2-4H3. The second-order valence-corrected chi connectivity index (χ2v) is 5.64. The van der Waals surface area contributed by atoms with Crippen molar-refractivity contribution in [2.24, 2.45) is 0 Å². The van der Waals surface area contributed by atoms with E-state index in [2.05, 4.69) is 18.8 Å². The third-order valence-electron chi connectivity index (χ3n) is 4.06. The Bertz CT molecular complexity index is 736. The van der Waals surface area contributed by atoms with Gasteiger partial charge in [-0.05, 0) is 24.5 Å². The number of hydrogen-bond donors (Lipinski definition) is 1. The molecule has 2 aromatic rings. The van der Waals surface area contributed by atoms with E-state index in [1.54, 1.807) is 26.4 Å². The number of carbonyl (C=O) groups excluding carboxylic acids is 1.